The molecule has 2 saturated heterocycles. The van der Waals surface area contributed by atoms with Crippen LogP contribution < -0.4 is 15.8 Å². The molecule has 16 nitrogen and oxygen atoms in total. The van der Waals surface area contributed by atoms with Crippen molar-refractivity contribution in [3.05, 3.63) is 102 Å². The van der Waals surface area contributed by atoms with Crippen molar-refractivity contribution in [2.24, 2.45) is 22.6 Å². The molecule has 6 aromatic rings. The highest BCUT2D eigenvalue weighted by atomic mass is 16.5. The summed E-state index contributed by atoms with van der Waals surface area (Å²) < 4.78 is 22.0. The quantitative estimate of drug-likeness (QED) is 0.0754. The third-order valence-electron chi connectivity index (χ3n) is 13.1. The van der Waals surface area contributed by atoms with Gasteiger partial charge in [0, 0.05) is 36.6 Å². The number of aromatic amines is 2. The minimum absolute atomic E-state index is 0.00706. The number of aliphatic imine (C=N–C) groups is 1. The van der Waals surface area contributed by atoms with E-state index in [9.17, 15) is 14.4 Å². The molecule has 2 aromatic heterocycles. The van der Waals surface area contributed by atoms with Crippen LogP contribution in [0.1, 0.15) is 80.9 Å². The molecule has 9 rings (SSSR count). The molecule has 0 unspecified atom stereocenters. The van der Waals surface area contributed by atoms with Crippen molar-refractivity contribution in [3.8, 4) is 28.1 Å². The highest BCUT2D eigenvalue weighted by molar-refractivity contribution is 6.07. The zero-order valence-electron chi connectivity index (χ0n) is 37.5. The zero-order valence-corrected chi connectivity index (χ0v) is 37.5. The third kappa shape index (κ3) is 8.22. The van der Waals surface area contributed by atoms with E-state index in [-0.39, 0.29) is 47.8 Å². The Labute approximate surface area is 376 Å². The number of benzene rings is 4. The maximum Gasteiger partial charge on any atom is 0.407 e. The van der Waals surface area contributed by atoms with Crippen molar-refractivity contribution in [1.82, 2.24) is 35.1 Å². The number of rotatable bonds is 11. The molecule has 6 atom stereocenters. The normalized spacial score (nSPS) is 20.4. The number of nitrogens with zero attached hydrogens (tertiary/aromatic N) is 5. The Hall–Kier alpha value is -6.94. The molecule has 16 heteroatoms. The van der Waals surface area contributed by atoms with Gasteiger partial charge in [-0.2, -0.15) is 0 Å². The van der Waals surface area contributed by atoms with E-state index >= 15 is 0 Å². The average molecular weight is 882 g/mol. The molecule has 2 fully saturated rings. The maximum atomic E-state index is 14.3. The first kappa shape index (κ1) is 43.3. The predicted octanol–water partition coefficient (Wildman–Crippen LogP) is 7.34. The van der Waals surface area contributed by atoms with Gasteiger partial charge < -0.3 is 49.8 Å². The number of methoxy groups -OCH3 is 3. The molecular formula is C49H55N9O7. The number of amides is 3. The molecule has 5 N–H and O–H groups in total. The number of nitrogens with two attached hydrogens (primary N) is 1. The number of hydrogen-bond acceptors (Lipinski definition) is 10. The second-order valence-corrected chi connectivity index (χ2v) is 17.6. The topological polar surface area (TPSA) is 202 Å². The molecule has 3 aliphatic rings. The number of amidine groups is 1. The van der Waals surface area contributed by atoms with Crippen LogP contribution in [0.25, 0.3) is 44.2 Å². The molecule has 0 spiro atoms. The fourth-order valence-corrected chi connectivity index (χ4v) is 9.80. The first-order valence-electron chi connectivity index (χ1n) is 22.1. The number of carbonyl (C=O) groups excluding carboxylic acids is 3. The number of nitrogens with one attached hydrogen (secondary N) is 3. The van der Waals surface area contributed by atoms with Gasteiger partial charge in [-0.3, -0.25) is 9.59 Å². The minimum atomic E-state index is -0.944. The van der Waals surface area contributed by atoms with Gasteiger partial charge in [0.05, 0.1) is 55.8 Å². The number of carbonyl (C=O) groups is 3. The molecule has 4 aromatic carbocycles. The van der Waals surface area contributed by atoms with Crippen molar-refractivity contribution >= 4 is 45.7 Å². The summed E-state index contributed by atoms with van der Waals surface area (Å²) in [5, 5.41) is 4.71. The highest BCUT2D eigenvalue weighted by Crippen LogP contribution is 2.44. The maximum absolute atomic E-state index is 14.3. The lowest BCUT2D eigenvalue weighted by Crippen LogP contribution is -2.44. The monoisotopic (exact) mass is 881 g/mol. The predicted molar refractivity (Wildman–Crippen MR) is 246 cm³/mol. The summed E-state index contributed by atoms with van der Waals surface area (Å²) in [4.78, 5) is 66.0. The van der Waals surface area contributed by atoms with Gasteiger partial charge in [0.15, 0.2) is 0 Å². The molecular weight excluding hydrogens is 827 g/mol. The number of alkyl carbamates (subject to hydrolysis) is 1. The molecule has 338 valence electrons. The first-order valence-corrected chi connectivity index (χ1v) is 22.1. The van der Waals surface area contributed by atoms with Crippen LogP contribution in [-0.2, 0) is 30.4 Å². The van der Waals surface area contributed by atoms with Crippen LogP contribution in [0, 0.1) is 11.8 Å². The Morgan fingerprint density at radius 2 is 1.75 bits per heavy atom. The lowest BCUT2D eigenvalue weighted by atomic mass is 9.92. The van der Waals surface area contributed by atoms with Gasteiger partial charge in [-0.1, -0.05) is 62.4 Å². The van der Waals surface area contributed by atoms with E-state index in [0.29, 0.717) is 37.6 Å². The standard InChI is InChI=1S/C49H55N9O7/c1-26(2)41(55-48(50)63-5)47(60)58-27(3)12-17-38(58)45-52-36-16-14-30-20-35-33-15-13-31(19-32(33)25-65-40(35)21-34(30)43(36)54-45)37-22-51-44(53-37)39-18-28(24-62-4)23-57(39)46(59)42(56-49(61)64-6)29-10-8-7-9-11-29/h7-11,13-16,19-22,26-28,38-39,41-42H,12,17-18,23-25H2,1-6H3,(H2,50,55)(H,51,53)(H,52,54)(H,56,61)/t27-,28-,38-,39-,41-,42+/m0/s1. The molecule has 3 amide bonds. The SMILES string of the molecule is COC[C@H]1C[C@@H](c2ncc(-c3ccc4c(c3)COc3cc5c(ccc6[nH]c([C@@H]7CC[C@H](C)N7C(=O)[C@@H](N=C(N)OC)C(C)C)nc65)cc3-4)[nH]2)N(C(=O)[C@H](NC(=O)OC)c2ccccc2)C1. The number of hydrogen-bond donors (Lipinski definition) is 4. The summed E-state index contributed by atoms with van der Waals surface area (Å²) in [6, 6.07) is 21.6. The van der Waals surface area contributed by atoms with Crippen LogP contribution in [0.15, 0.2) is 84.0 Å². The van der Waals surface area contributed by atoms with Crippen molar-refractivity contribution < 1.29 is 33.3 Å². The summed E-state index contributed by atoms with van der Waals surface area (Å²) in [6.45, 7) is 7.27. The van der Waals surface area contributed by atoms with Crippen LogP contribution >= 0.6 is 0 Å². The van der Waals surface area contributed by atoms with Crippen molar-refractivity contribution in [2.75, 3.05) is 34.5 Å². The molecule has 65 heavy (non-hydrogen) atoms. The summed E-state index contributed by atoms with van der Waals surface area (Å²) in [5.74, 6) is 1.80. The third-order valence-corrected chi connectivity index (χ3v) is 13.1. The van der Waals surface area contributed by atoms with E-state index in [1.54, 1.807) is 18.2 Å². The van der Waals surface area contributed by atoms with E-state index in [2.05, 4.69) is 63.6 Å². The van der Waals surface area contributed by atoms with E-state index < -0.39 is 18.2 Å². The van der Waals surface area contributed by atoms with E-state index in [1.165, 1.54) is 14.2 Å². The van der Waals surface area contributed by atoms with Crippen molar-refractivity contribution in [3.63, 3.8) is 0 Å². The summed E-state index contributed by atoms with van der Waals surface area (Å²) in [7, 11) is 4.38. The molecule has 0 aliphatic carbocycles. The first-order chi connectivity index (χ1) is 31.5. The molecule has 0 radical (unpaired) electrons. The summed E-state index contributed by atoms with van der Waals surface area (Å²) in [5.41, 5.74) is 13.1. The lowest BCUT2D eigenvalue weighted by Gasteiger charge is -2.31. The number of H-pyrrole nitrogens is 2. The van der Waals surface area contributed by atoms with Crippen molar-refractivity contribution in [2.45, 2.75) is 76.8 Å². The van der Waals surface area contributed by atoms with E-state index in [0.717, 1.165) is 74.2 Å². The van der Waals surface area contributed by atoms with Gasteiger partial charge in [-0.25, -0.2) is 19.8 Å². The smallest absolute Gasteiger partial charge is 0.407 e. The van der Waals surface area contributed by atoms with Gasteiger partial charge in [0.25, 0.3) is 11.9 Å². The number of aromatic nitrogens is 4. The van der Waals surface area contributed by atoms with Crippen LogP contribution in [0.2, 0.25) is 0 Å². The van der Waals surface area contributed by atoms with Gasteiger partial charge in [-0.05, 0) is 84.0 Å². The number of imidazole rings is 2. The Morgan fingerprint density at radius 3 is 2.51 bits per heavy atom. The van der Waals surface area contributed by atoms with Crippen LogP contribution in [-0.4, -0.2) is 100 Å². The average Bonchev–Trinajstić information content (AvgIpc) is 4.15. The number of ether oxygens (including phenoxy) is 4. The largest absolute Gasteiger partial charge is 0.488 e. The summed E-state index contributed by atoms with van der Waals surface area (Å²) >= 11 is 0. The second kappa shape index (κ2) is 17.9. The Kier molecular flexibility index (Phi) is 11.9. The molecule has 0 saturated carbocycles. The lowest BCUT2D eigenvalue weighted by molar-refractivity contribution is -0.136. The number of fused-ring (bicyclic) bond motifs is 6. The second-order valence-electron chi connectivity index (χ2n) is 17.6. The van der Waals surface area contributed by atoms with Gasteiger partial charge >= 0.3 is 6.09 Å². The van der Waals surface area contributed by atoms with Crippen LogP contribution in [0.4, 0.5) is 4.79 Å². The van der Waals surface area contributed by atoms with Gasteiger partial charge in [0.2, 0.25) is 5.91 Å². The zero-order chi connectivity index (χ0) is 45.5. The highest BCUT2D eigenvalue weighted by Gasteiger charge is 2.43. The fraction of sp³-hybridized carbons (Fsp3) is 0.388. The van der Waals surface area contributed by atoms with E-state index in [4.69, 9.17) is 34.6 Å². The van der Waals surface area contributed by atoms with E-state index in [1.807, 2.05) is 55.1 Å². The van der Waals surface area contributed by atoms with Gasteiger partial charge in [-0.15, -0.1) is 0 Å². The number of likely N-dealkylation sites (tertiary alicyclic amines) is 2. The molecule has 0 bridgehead atoms. The molecule has 3 aliphatic heterocycles. The minimum Gasteiger partial charge on any atom is -0.488 e. The van der Waals surface area contributed by atoms with Gasteiger partial charge in [0.1, 0.15) is 36.1 Å². The van der Waals surface area contributed by atoms with Crippen LogP contribution in [0.3, 0.4) is 0 Å². The van der Waals surface area contributed by atoms with Crippen LogP contribution in [0.5, 0.6) is 5.75 Å². The molecule has 5 heterocycles. The fourth-order valence-electron chi connectivity index (χ4n) is 9.80. The summed E-state index contributed by atoms with van der Waals surface area (Å²) in [6.07, 6.45) is 3.36. The van der Waals surface area contributed by atoms with Crippen molar-refractivity contribution in [1.29, 1.82) is 0 Å². The Bertz CT molecular complexity index is 2780. The Balaban J connectivity index is 0.978. The Morgan fingerprint density at radius 1 is 0.938 bits per heavy atom.